The largest absolute Gasteiger partial charge is 0.383 e. The molecule has 6 heteroatoms. The van der Waals surface area contributed by atoms with Crippen LogP contribution in [-0.2, 0) is 5.54 Å². The van der Waals surface area contributed by atoms with Crippen LogP contribution < -0.4 is 5.73 Å². The van der Waals surface area contributed by atoms with E-state index in [0.29, 0.717) is 11.4 Å². The summed E-state index contributed by atoms with van der Waals surface area (Å²) in [7, 11) is 0. The quantitative estimate of drug-likeness (QED) is 0.587. The summed E-state index contributed by atoms with van der Waals surface area (Å²) in [5, 5.41) is 0. The number of nitrogens with zero attached hydrogens (tertiary/aromatic N) is 4. The van der Waals surface area contributed by atoms with Crippen LogP contribution in [0.5, 0.6) is 0 Å². The third kappa shape index (κ3) is 2.69. The first kappa shape index (κ1) is 17.2. The number of rotatable bonds is 3. The van der Waals surface area contributed by atoms with Gasteiger partial charge in [0.05, 0.1) is 6.20 Å². The van der Waals surface area contributed by atoms with Crippen molar-refractivity contribution in [3.8, 4) is 11.1 Å². The average Bonchev–Trinajstić information content (AvgIpc) is 3.08. The van der Waals surface area contributed by atoms with Crippen molar-refractivity contribution in [3.63, 3.8) is 0 Å². The van der Waals surface area contributed by atoms with Gasteiger partial charge in [-0.15, -0.1) is 0 Å². The van der Waals surface area contributed by atoms with Crippen molar-refractivity contribution in [2.24, 2.45) is 10.7 Å². The van der Waals surface area contributed by atoms with Gasteiger partial charge < -0.3 is 5.73 Å². The number of nitrogens with two attached hydrogens (primary N) is 1. The van der Waals surface area contributed by atoms with Crippen LogP contribution in [0.1, 0.15) is 22.3 Å². The van der Waals surface area contributed by atoms with Crippen molar-refractivity contribution in [1.82, 2.24) is 15.0 Å². The van der Waals surface area contributed by atoms with E-state index in [-0.39, 0.29) is 0 Å². The Hall–Kier alpha value is -3.93. The number of aliphatic imine (C=N–C) groups is 1. The molecule has 5 rings (SSSR count). The fourth-order valence-corrected chi connectivity index (χ4v) is 3.91. The van der Waals surface area contributed by atoms with E-state index in [9.17, 15) is 4.39 Å². The molecule has 2 aromatic carbocycles. The summed E-state index contributed by atoms with van der Waals surface area (Å²) in [6.45, 7) is 0. The molecule has 0 spiro atoms. The predicted octanol–water partition coefficient (Wildman–Crippen LogP) is 3.69. The third-order valence-corrected chi connectivity index (χ3v) is 5.18. The van der Waals surface area contributed by atoms with Crippen LogP contribution in [0.3, 0.4) is 0 Å². The number of aromatic nitrogens is 3. The van der Waals surface area contributed by atoms with Crippen LogP contribution in [-0.4, -0.2) is 20.8 Å². The van der Waals surface area contributed by atoms with Crippen molar-refractivity contribution >= 4 is 5.84 Å². The van der Waals surface area contributed by atoms with E-state index in [1.54, 1.807) is 18.6 Å². The van der Waals surface area contributed by atoms with Crippen molar-refractivity contribution in [1.29, 1.82) is 0 Å². The second kappa shape index (κ2) is 6.60. The van der Waals surface area contributed by atoms with Crippen LogP contribution in [0.15, 0.2) is 90.7 Å². The molecular formula is C23H16FN5. The number of halogens is 1. The summed E-state index contributed by atoms with van der Waals surface area (Å²) >= 11 is 0. The molecule has 1 atom stereocenters. The number of fused-ring (bicyclic) bond motifs is 1. The highest BCUT2D eigenvalue weighted by molar-refractivity contribution is 6.03. The van der Waals surface area contributed by atoms with Crippen LogP contribution in [0.4, 0.5) is 4.39 Å². The van der Waals surface area contributed by atoms with Crippen LogP contribution in [0.2, 0.25) is 0 Å². The Morgan fingerprint density at radius 3 is 2.41 bits per heavy atom. The second-order valence-corrected chi connectivity index (χ2v) is 6.85. The molecule has 0 saturated heterocycles. The normalized spacial score (nSPS) is 17.6. The Morgan fingerprint density at radius 2 is 1.59 bits per heavy atom. The molecule has 0 fully saturated rings. The maximum Gasteiger partial charge on any atom is 0.141 e. The standard InChI is InChI=1S/C23H16FN5/c24-19-9-18(12-26-13-19)23(21-7-2-1-6-20(21)22(25)29-23)17-5-3-4-15(8-17)16-10-27-14-28-11-16/h1-14H,(H2,25,29). The van der Waals surface area contributed by atoms with Crippen molar-refractivity contribution < 1.29 is 4.39 Å². The zero-order valence-electron chi connectivity index (χ0n) is 15.3. The highest BCUT2D eigenvalue weighted by atomic mass is 19.1. The first-order valence-corrected chi connectivity index (χ1v) is 9.10. The van der Waals surface area contributed by atoms with E-state index >= 15 is 0 Å². The lowest BCUT2D eigenvalue weighted by Gasteiger charge is -2.29. The molecule has 29 heavy (non-hydrogen) atoms. The minimum absolute atomic E-state index is 0.415. The topological polar surface area (TPSA) is 77.0 Å². The Kier molecular flexibility index (Phi) is 3.91. The monoisotopic (exact) mass is 381 g/mol. The van der Waals surface area contributed by atoms with Crippen molar-refractivity contribution in [2.45, 2.75) is 5.54 Å². The minimum atomic E-state index is -0.985. The van der Waals surface area contributed by atoms with Gasteiger partial charge in [-0.05, 0) is 28.8 Å². The van der Waals surface area contributed by atoms with Gasteiger partial charge in [0, 0.05) is 35.3 Å². The maximum absolute atomic E-state index is 14.2. The third-order valence-electron chi connectivity index (χ3n) is 5.18. The molecular weight excluding hydrogens is 365 g/mol. The summed E-state index contributed by atoms with van der Waals surface area (Å²) in [6, 6.07) is 17.1. The van der Waals surface area contributed by atoms with Gasteiger partial charge in [-0.1, -0.05) is 42.5 Å². The fraction of sp³-hybridized carbons (Fsp3) is 0.0435. The molecule has 1 aliphatic rings. The molecule has 3 heterocycles. The van der Waals surface area contributed by atoms with E-state index in [1.165, 1.54) is 18.6 Å². The Morgan fingerprint density at radius 1 is 0.759 bits per heavy atom. The molecule has 1 aliphatic heterocycles. The lowest BCUT2D eigenvalue weighted by molar-refractivity contribution is 0.602. The molecule has 0 radical (unpaired) electrons. The molecule has 1 unspecified atom stereocenters. The van der Waals surface area contributed by atoms with Gasteiger partial charge in [0.1, 0.15) is 23.5 Å². The van der Waals surface area contributed by atoms with Gasteiger partial charge in [-0.25, -0.2) is 19.4 Å². The van der Waals surface area contributed by atoms with E-state index < -0.39 is 11.4 Å². The molecule has 0 bridgehead atoms. The lowest BCUT2D eigenvalue weighted by atomic mass is 9.77. The highest BCUT2D eigenvalue weighted by Gasteiger charge is 2.43. The van der Waals surface area contributed by atoms with Gasteiger partial charge in [-0.2, -0.15) is 0 Å². The van der Waals surface area contributed by atoms with E-state index in [4.69, 9.17) is 10.7 Å². The first-order chi connectivity index (χ1) is 14.2. The zero-order chi connectivity index (χ0) is 19.8. The van der Waals surface area contributed by atoms with Crippen LogP contribution >= 0.6 is 0 Å². The van der Waals surface area contributed by atoms with Gasteiger partial charge >= 0.3 is 0 Å². The minimum Gasteiger partial charge on any atom is -0.383 e. The number of hydrogen-bond acceptors (Lipinski definition) is 5. The Bertz CT molecular complexity index is 1240. The van der Waals surface area contributed by atoms with Gasteiger partial charge in [-0.3, -0.25) is 4.98 Å². The number of pyridine rings is 1. The summed E-state index contributed by atoms with van der Waals surface area (Å²) in [5.74, 6) is -0.00838. The van der Waals surface area contributed by atoms with Gasteiger partial charge in [0.2, 0.25) is 0 Å². The SMILES string of the molecule is NC1=NC(c2cncc(F)c2)(c2cccc(-c3cncnc3)c2)c2ccccc21. The summed E-state index contributed by atoms with van der Waals surface area (Å²) < 4.78 is 14.2. The van der Waals surface area contributed by atoms with E-state index in [2.05, 4.69) is 15.0 Å². The fourth-order valence-electron chi connectivity index (χ4n) is 3.91. The Balaban J connectivity index is 1.80. The van der Waals surface area contributed by atoms with E-state index in [1.807, 2.05) is 48.5 Å². The molecule has 0 saturated carbocycles. The highest BCUT2D eigenvalue weighted by Crippen LogP contribution is 2.46. The molecule has 5 nitrogen and oxygen atoms in total. The smallest absolute Gasteiger partial charge is 0.141 e. The maximum atomic E-state index is 14.2. The molecule has 2 aromatic heterocycles. The summed E-state index contributed by atoms with van der Waals surface area (Å²) in [4.78, 5) is 17.1. The van der Waals surface area contributed by atoms with Crippen molar-refractivity contribution in [3.05, 3.63) is 114 Å². The number of benzene rings is 2. The summed E-state index contributed by atoms with van der Waals surface area (Å²) in [6.07, 6.45) is 7.82. The molecule has 0 aliphatic carbocycles. The molecule has 0 amide bonds. The van der Waals surface area contributed by atoms with Crippen LogP contribution in [0.25, 0.3) is 11.1 Å². The molecule has 140 valence electrons. The second-order valence-electron chi connectivity index (χ2n) is 6.85. The first-order valence-electron chi connectivity index (χ1n) is 9.10. The summed E-state index contributed by atoms with van der Waals surface area (Å²) in [5.41, 5.74) is 10.3. The Labute approximate surface area is 166 Å². The number of hydrogen-bond donors (Lipinski definition) is 1. The van der Waals surface area contributed by atoms with Gasteiger partial charge in [0.25, 0.3) is 0 Å². The van der Waals surface area contributed by atoms with Crippen LogP contribution in [0, 0.1) is 5.82 Å². The van der Waals surface area contributed by atoms with Crippen molar-refractivity contribution in [2.75, 3.05) is 0 Å². The number of amidine groups is 1. The molecule has 2 N–H and O–H groups in total. The van der Waals surface area contributed by atoms with E-state index in [0.717, 1.165) is 27.8 Å². The lowest BCUT2D eigenvalue weighted by Crippen LogP contribution is -2.26. The molecule has 4 aromatic rings. The van der Waals surface area contributed by atoms with Gasteiger partial charge in [0.15, 0.2) is 0 Å². The predicted molar refractivity (Wildman–Crippen MR) is 109 cm³/mol. The zero-order valence-corrected chi connectivity index (χ0v) is 15.3. The average molecular weight is 381 g/mol.